The number of nitrogens with one attached hydrogen (secondary N) is 1. The summed E-state index contributed by atoms with van der Waals surface area (Å²) in [7, 11) is -2.92. The summed E-state index contributed by atoms with van der Waals surface area (Å²) in [5.41, 5.74) is -0.119. The van der Waals surface area contributed by atoms with E-state index in [1.165, 1.54) is 0 Å². The second kappa shape index (κ2) is 4.53. The van der Waals surface area contributed by atoms with Crippen LogP contribution in [-0.2, 0) is 9.84 Å². The number of sulfone groups is 1. The Labute approximate surface area is 107 Å². The zero-order chi connectivity index (χ0) is 13.4. The van der Waals surface area contributed by atoms with Crippen LogP contribution in [0.4, 0.5) is 6.01 Å². The van der Waals surface area contributed by atoms with Gasteiger partial charge in [0.25, 0.3) is 0 Å². The first-order chi connectivity index (χ1) is 8.31. The summed E-state index contributed by atoms with van der Waals surface area (Å²) < 4.78 is 28.3. The number of hydrogen-bond donors (Lipinski definition) is 1. The molecule has 1 aromatic heterocycles. The van der Waals surface area contributed by atoms with Crippen molar-refractivity contribution in [3.63, 3.8) is 0 Å². The van der Waals surface area contributed by atoms with E-state index in [2.05, 4.69) is 22.4 Å². The Kier molecular flexibility index (Phi) is 3.35. The van der Waals surface area contributed by atoms with E-state index in [0.717, 1.165) is 6.42 Å². The molecule has 102 valence electrons. The average Bonchev–Trinajstić information content (AvgIpc) is 2.84. The van der Waals surface area contributed by atoms with E-state index in [-0.39, 0.29) is 23.0 Å². The molecule has 1 aliphatic rings. The van der Waals surface area contributed by atoms with E-state index in [0.29, 0.717) is 18.3 Å². The zero-order valence-corrected chi connectivity index (χ0v) is 11.7. The molecular formula is C11H19N3O3S. The van der Waals surface area contributed by atoms with Gasteiger partial charge in [-0.05, 0) is 26.7 Å². The molecule has 1 fully saturated rings. The van der Waals surface area contributed by atoms with Crippen LogP contribution in [-0.4, -0.2) is 35.7 Å². The highest BCUT2D eigenvalue weighted by atomic mass is 32.2. The molecule has 6 nitrogen and oxygen atoms in total. The molecule has 1 N–H and O–H groups in total. The standard InChI is InChI=1S/C11H19N3O3S/c1-4-11(2,3)12-10-14-13-9(17-10)8-5-6-18(15,16)7-8/h8H,4-7H2,1-3H3,(H,12,14). The second-order valence-electron chi connectivity index (χ2n) is 5.41. The molecule has 2 rings (SSSR count). The molecule has 1 aliphatic heterocycles. The highest BCUT2D eigenvalue weighted by Crippen LogP contribution is 2.29. The number of aromatic nitrogens is 2. The second-order valence-corrected chi connectivity index (χ2v) is 7.64. The van der Waals surface area contributed by atoms with Crippen molar-refractivity contribution in [1.82, 2.24) is 10.2 Å². The van der Waals surface area contributed by atoms with Gasteiger partial charge in [0.2, 0.25) is 5.89 Å². The molecule has 0 bridgehead atoms. The zero-order valence-electron chi connectivity index (χ0n) is 10.9. The molecule has 2 heterocycles. The molecule has 1 saturated heterocycles. The minimum Gasteiger partial charge on any atom is -0.408 e. The van der Waals surface area contributed by atoms with Crippen molar-refractivity contribution < 1.29 is 12.8 Å². The largest absolute Gasteiger partial charge is 0.408 e. The molecule has 1 aromatic rings. The number of nitrogens with zero attached hydrogens (tertiary/aromatic N) is 2. The Balaban J connectivity index is 2.07. The first-order valence-corrected chi connectivity index (χ1v) is 7.95. The Morgan fingerprint density at radius 1 is 1.44 bits per heavy atom. The first-order valence-electron chi connectivity index (χ1n) is 6.13. The summed E-state index contributed by atoms with van der Waals surface area (Å²) in [5.74, 6) is 0.600. The molecule has 0 spiro atoms. The van der Waals surface area contributed by atoms with Crippen LogP contribution in [0.25, 0.3) is 0 Å². The third kappa shape index (κ3) is 3.01. The van der Waals surface area contributed by atoms with Gasteiger partial charge in [0, 0.05) is 5.54 Å². The van der Waals surface area contributed by atoms with Crippen LogP contribution in [0, 0.1) is 0 Å². The average molecular weight is 273 g/mol. The maximum Gasteiger partial charge on any atom is 0.315 e. The molecule has 7 heteroatoms. The summed E-state index contributed by atoms with van der Waals surface area (Å²) in [6.45, 7) is 6.14. The van der Waals surface area contributed by atoms with Gasteiger partial charge in [-0.3, -0.25) is 0 Å². The lowest BCUT2D eigenvalue weighted by Gasteiger charge is -2.22. The van der Waals surface area contributed by atoms with Crippen LogP contribution >= 0.6 is 0 Å². The summed E-state index contributed by atoms with van der Waals surface area (Å²) in [5, 5.41) is 11.0. The van der Waals surface area contributed by atoms with E-state index in [9.17, 15) is 8.42 Å². The molecule has 1 unspecified atom stereocenters. The van der Waals surface area contributed by atoms with E-state index in [4.69, 9.17) is 4.42 Å². The van der Waals surface area contributed by atoms with Gasteiger partial charge in [-0.2, -0.15) is 0 Å². The van der Waals surface area contributed by atoms with Crippen LogP contribution in [0.2, 0.25) is 0 Å². The first kappa shape index (κ1) is 13.3. The third-order valence-electron chi connectivity index (χ3n) is 3.35. The molecule has 18 heavy (non-hydrogen) atoms. The fourth-order valence-electron chi connectivity index (χ4n) is 1.82. The quantitative estimate of drug-likeness (QED) is 0.896. The minimum absolute atomic E-state index is 0.117. The number of anilines is 1. The summed E-state index contributed by atoms with van der Waals surface area (Å²) >= 11 is 0. The van der Waals surface area contributed by atoms with E-state index < -0.39 is 9.84 Å². The van der Waals surface area contributed by atoms with Gasteiger partial charge in [0.15, 0.2) is 9.84 Å². The lowest BCUT2D eigenvalue weighted by molar-refractivity contribution is 0.448. The predicted molar refractivity (Wildman–Crippen MR) is 68.3 cm³/mol. The van der Waals surface area contributed by atoms with Crippen LogP contribution in [0.5, 0.6) is 0 Å². The van der Waals surface area contributed by atoms with Gasteiger partial charge in [0.1, 0.15) is 0 Å². The van der Waals surface area contributed by atoms with Crippen molar-refractivity contribution in [2.75, 3.05) is 16.8 Å². The Hall–Kier alpha value is -1.11. The Morgan fingerprint density at radius 3 is 2.72 bits per heavy atom. The maximum atomic E-state index is 11.4. The normalized spacial score (nSPS) is 23.2. The van der Waals surface area contributed by atoms with Gasteiger partial charge in [-0.1, -0.05) is 12.0 Å². The summed E-state index contributed by atoms with van der Waals surface area (Å²) in [6, 6.07) is 0.362. The lowest BCUT2D eigenvalue weighted by Crippen LogP contribution is -2.29. The van der Waals surface area contributed by atoms with Gasteiger partial charge in [0.05, 0.1) is 17.4 Å². The Bertz CT molecular complexity index is 521. The highest BCUT2D eigenvalue weighted by Gasteiger charge is 2.33. The van der Waals surface area contributed by atoms with Crippen molar-refractivity contribution in [2.24, 2.45) is 0 Å². The lowest BCUT2D eigenvalue weighted by atomic mass is 10.0. The van der Waals surface area contributed by atoms with Gasteiger partial charge >= 0.3 is 6.01 Å². The van der Waals surface area contributed by atoms with Gasteiger partial charge in [-0.25, -0.2) is 8.42 Å². The van der Waals surface area contributed by atoms with E-state index in [1.807, 2.05) is 13.8 Å². The Morgan fingerprint density at radius 2 is 2.17 bits per heavy atom. The summed E-state index contributed by atoms with van der Waals surface area (Å²) in [4.78, 5) is 0. The molecule has 0 radical (unpaired) electrons. The molecule has 0 saturated carbocycles. The maximum absolute atomic E-state index is 11.4. The van der Waals surface area contributed by atoms with E-state index >= 15 is 0 Å². The van der Waals surface area contributed by atoms with Crippen molar-refractivity contribution in [3.8, 4) is 0 Å². The summed E-state index contributed by atoms with van der Waals surface area (Å²) in [6.07, 6.45) is 1.49. The number of hydrogen-bond acceptors (Lipinski definition) is 6. The fraction of sp³-hybridized carbons (Fsp3) is 0.818. The van der Waals surface area contributed by atoms with Gasteiger partial charge < -0.3 is 9.73 Å². The number of rotatable bonds is 4. The van der Waals surface area contributed by atoms with Crippen LogP contribution < -0.4 is 5.32 Å². The SMILES string of the molecule is CCC(C)(C)Nc1nnc(C2CCS(=O)(=O)C2)o1. The van der Waals surface area contributed by atoms with E-state index in [1.54, 1.807) is 0 Å². The molecule has 0 aromatic carbocycles. The van der Waals surface area contributed by atoms with Crippen LogP contribution in [0.1, 0.15) is 45.4 Å². The minimum atomic E-state index is -2.92. The molecule has 0 amide bonds. The van der Waals surface area contributed by atoms with Crippen molar-refractivity contribution in [2.45, 2.75) is 45.1 Å². The third-order valence-corrected chi connectivity index (χ3v) is 5.12. The fourth-order valence-corrected chi connectivity index (χ4v) is 3.55. The smallest absolute Gasteiger partial charge is 0.315 e. The predicted octanol–water partition coefficient (Wildman–Crippen LogP) is 1.57. The van der Waals surface area contributed by atoms with Crippen molar-refractivity contribution >= 4 is 15.9 Å². The van der Waals surface area contributed by atoms with Gasteiger partial charge in [-0.15, -0.1) is 5.10 Å². The molecule has 1 atom stereocenters. The van der Waals surface area contributed by atoms with Crippen LogP contribution in [0.3, 0.4) is 0 Å². The highest BCUT2D eigenvalue weighted by molar-refractivity contribution is 7.91. The van der Waals surface area contributed by atoms with Crippen LogP contribution in [0.15, 0.2) is 4.42 Å². The molecule has 0 aliphatic carbocycles. The van der Waals surface area contributed by atoms with Crippen molar-refractivity contribution in [3.05, 3.63) is 5.89 Å². The topological polar surface area (TPSA) is 85.1 Å². The molecular weight excluding hydrogens is 254 g/mol. The monoisotopic (exact) mass is 273 g/mol. The van der Waals surface area contributed by atoms with Crippen molar-refractivity contribution in [1.29, 1.82) is 0 Å².